The fourth-order valence-corrected chi connectivity index (χ4v) is 4.33. The first-order valence-electron chi connectivity index (χ1n) is 10.3. The Balaban J connectivity index is 1.41. The summed E-state index contributed by atoms with van der Waals surface area (Å²) in [5, 5.41) is 0. The third-order valence-corrected chi connectivity index (χ3v) is 6.15. The molecular weight excluding hydrogens is 334 g/mol. The van der Waals surface area contributed by atoms with Crippen LogP contribution in [0.2, 0.25) is 0 Å². The van der Waals surface area contributed by atoms with Crippen LogP contribution in [0.25, 0.3) is 16.7 Å². The minimum Gasteiger partial charge on any atom is -0.492 e. The van der Waals surface area contributed by atoms with Gasteiger partial charge in [-0.05, 0) is 62.4 Å². The molecule has 1 aliphatic carbocycles. The van der Waals surface area contributed by atoms with Crippen LogP contribution in [0, 0.1) is 0 Å². The van der Waals surface area contributed by atoms with Gasteiger partial charge in [0.2, 0.25) is 0 Å². The summed E-state index contributed by atoms with van der Waals surface area (Å²) in [6.07, 6.45) is 9.65. The van der Waals surface area contributed by atoms with E-state index in [2.05, 4.69) is 50.8 Å². The molecule has 0 amide bonds. The van der Waals surface area contributed by atoms with Crippen LogP contribution < -0.4 is 4.74 Å². The SMILES string of the molecule is c1ccc2c(c1)ncn2-c1ccc2c(c1)OCCN(C1CCC1)CCCC2. The zero-order valence-corrected chi connectivity index (χ0v) is 15.8. The van der Waals surface area contributed by atoms with E-state index in [-0.39, 0.29) is 0 Å². The summed E-state index contributed by atoms with van der Waals surface area (Å²) in [4.78, 5) is 7.18. The summed E-state index contributed by atoms with van der Waals surface area (Å²) < 4.78 is 8.44. The zero-order chi connectivity index (χ0) is 18.1. The standard InChI is InChI=1S/C23H27N3O/c1-2-10-22-21(9-1)24-17-26(22)20-12-11-18-6-3-4-13-25(19-7-5-8-19)14-15-27-23(18)16-20/h1-2,9-12,16-17,19H,3-8,13-15H2. The number of imidazole rings is 1. The molecule has 2 heterocycles. The molecule has 2 aliphatic rings. The maximum atomic E-state index is 6.29. The van der Waals surface area contributed by atoms with E-state index in [4.69, 9.17) is 4.74 Å². The van der Waals surface area contributed by atoms with E-state index in [1.54, 1.807) is 0 Å². The predicted octanol–water partition coefficient (Wildman–Crippen LogP) is 4.60. The van der Waals surface area contributed by atoms with Crippen LogP contribution >= 0.6 is 0 Å². The topological polar surface area (TPSA) is 30.3 Å². The number of rotatable bonds is 2. The van der Waals surface area contributed by atoms with Gasteiger partial charge in [-0.2, -0.15) is 0 Å². The first kappa shape index (κ1) is 16.8. The molecule has 0 spiro atoms. The van der Waals surface area contributed by atoms with Crippen molar-refractivity contribution in [3.63, 3.8) is 0 Å². The molecule has 3 aromatic rings. The van der Waals surface area contributed by atoms with E-state index >= 15 is 0 Å². The Labute approximate surface area is 160 Å². The number of ether oxygens (including phenoxy) is 1. The number of aryl methyl sites for hydroxylation is 1. The summed E-state index contributed by atoms with van der Waals surface area (Å²) in [7, 11) is 0. The Kier molecular flexibility index (Phi) is 4.58. The number of hydrogen-bond acceptors (Lipinski definition) is 3. The molecule has 0 unspecified atom stereocenters. The minimum atomic E-state index is 0.775. The number of aromatic nitrogens is 2. The lowest BCUT2D eigenvalue weighted by Gasteiger charge is -2.38. The average molecular weight is 361 g/mol. The maximum Gasteiger partial charge on any atom is 0.124 e. The van der Waals surface area contributed by atoms with E-state index < -0.39 is 0 Å². The van der Waals surface area contributed by atoms with Crippen molar-refractivity contribution in [2.75, 3.05) is 19.7 Å². The molecule has 0 bridgehead atoms. The van der Waals surface area contributed by atoms with Crippen molar-refractivity contribution in [3.8, 4) is 11.4 Å². The Hall–Kier alpha value is -2.33. The van der Waals surface area contributed by atoms with Crippen LogP contribution in [0.4, 0.5) is 0 Å². The predicted molar refractivity (Wildman–Crippen MR) is 109 cm³/mol. The Morgan fingerprint density at radius 1 is 0.963 bits per heavy atom. The molecule has 1 fully saturated rings. The van der Waals surface area contributed by atoms with Crippen molar-refractivity contribution >= 4 is 11.0 Å². The van der Waals surface area contributed by atoms with Crippen LogP contribution in [-0.2, 0) is 6.42 Å². The lowest BCUT2D eigenvalue weighted by atomic mass is 9.91. The monoisotopic (exact) mass is 361 g/mol. The van der Waals surface area contributed by atoms with Crippen molar-refractivity contribution in [1.82, 2.24) is 14.5 Å². The van der Waals surface area contributed by atoms with Gasteiger partial charge in [0.15, 0.2) is 0 Å². The summed E-state index contributed by atoms with van der Waals surface area (Å²) in [6.45, 7) is 3.04. The fourth-order valence-electron chi connectivity index (χ4n) is 4.33. The second-order valence-electron chi connectivity index (χ2n) is 7.82. The molecule has 1 saturated carbocycles. The number of para-hydroxylation sites is 2. The van der Waals surface area contributed by atoms with Crippen LogP contribution in [0.3, 0.4) is 0 Å². The van der Waals surface area contributed by atoms with Gasteiger partial charge in [0.1, 0.15) is 18.7 Å². The molecule has 0 N–H and O–H groups in total. The smallest absolute Gasteiger partial charge is 0.124 e. The van der Waals surface area contributed by atoms with Crippen molar-refractivity contribution in [1.29, 1.82) is 0 Å². The molecule has 2 aromatic carbocycles. The molecule has 1 aliphatic heterocycles. The van der Waals surface area contributed by atoms with Crippen LogP contribution in [-0.4, -0.2) is 40.2 Å². The van der Waals surface area contributed by atoms with Gasteiger partial charge >= 0.3 is 0 Å². The Morgan fingerprint density at radius 2 is 1.89 bits per heavy atom. The number of benzene rings is 2. The van der Waals surface area contributed by atoms with Gasteiger partial charge < -0.3 is 4.74 Å². The highest BCUT2D eigenvalue weighted by Gasteiger charge is 2.24. The van der Waals surface area contributed by atoms with Crippen molar-refractivity contribution in [2.45, 2.75) is 44.6 Å². The van der Waals surface area contributed by atoms with Gasteiger partial charge in [0, 0.05) is 18.7 Å². The molecule has 0 saturated heterocycles. The molecule has 4 heteroatoms. The number of nitrogens with zero attached hydrogens (tertiary/aromatic N) is 3. The molecule has 0 atom stereocenters. The zero-order valence-electron chi connectivity index (χ0n) is 15.8. The summed E-state index contributed by atoms with van der Waals surface area (Å²) >= 11 is 0. The second-order valence-corrected chi connectivity index (χ2v) is 7.82. The third kappa shape index (κ3) is 3.34. The van der Waals surface area contributed by atoms with Gasteiger partial charge in [-0.15, -0.1) is 0 Å². The number of hydrogen-bond donors (Lipinski definition) is 0. The molecule has 140 valence electrons. The molecule has 0 radical (unpaired) electrons. The lowest BCUT2D eigenvalue weighted by molar-refractivity contribution is 0.103. The molecule has 1 aromatic heterocycles. The van der Waals surface area contributed by atoms with Crippen molar-refractivity contribution in [3.05, 3.63) is 54.4 Å². The Bertz CT molecular complexity index is 928. The second kappa shape index (κ2) is 7.35. The first-order valence-corrected chi connectivity index (χ1v) is 10.3. The van der Waals surface area contributed by atoms with Crippen molar-refractivity contribution in [2.24, 2.45) is 0 Å². The minimum absolute atomic E-state index is 0.775. The summed E-state index contributed by atoms with van der Waals surface area (Å²) in [5.41, 5.74) is 4.61. The van der Waals surface area contributed by atoms with E-state index in [1.165, 1.54) is 44.2 Å². The maximum absolute atomic E-state index is 6.29. The highest BCUT2D eigenvalue weighted by molar-refractivity contribution is 5.77. The molecule has 27 heavy (non-hydrogen) atoms. The highest BCUT2D eigenvalue weighted by atomic mass is 16.5. The highest BCUT2D eigenvalue weighted by Crippen LogP contribution is 2.29. The first-order chi connectivity index (χ1) is 13.4. The van der Waals surface area contributed by atoms with Crippen LogP contribution in [0.5, 0.6) is 5.75 Å². The number of fused-ring (bicyclic) bond motifs is 2. The van der Waals surface area contributed by atoms with Gasteiger partial charge in [0.25, 0.3) is 0 Å². The van der Waals surface area contributed by atoms with Gasteiger partial charge in [-0.3, -0.25) is 9.47 Å². The van der Waals surface area contributed by atoms with Gasteiger partial charge in [0.05, 0.1) is 16.7 Å². The largest absolute Gasteiger partial charge is 0.492 e. The normalized spacial score (nSPS) is 19.3. The summed E-state index contributed by atoms with van der Waals surface area (Å²) in [5.74, 6) is 1.04. The average Bonchev–Trinajstić information content (AvgIpc) is 3.08. The van der Waals surface area contributed by atoms with Gasteiger partial charge in [-0.25, -0.2) is 4.98 Å². The van der Waals surface area contributed by atoms with Crippen LogP contribution in [0.1, 0.15) is 37.7 Å². The van der Waals surface area contributed by atoms with Gasteiger partial charge in [-0.1, -0.05) is 24.6 Å². The summed E-state index contributed by atoms with van der Waals surface area (Å²) in [6, 6.07) is 15.7. The van der Waals surface area contributed by atoms with E-state index in [1.807, 2.05) is 12.4 Å². The van der Waals surface area contributed by atoms with E-state index in [0.29, 0.717) is 0 Å². The molecule has 5 rings (SSSR count). The van der Waals surface area contributed by atoms with Crippen molar-refractivity contribution < 1.29 is 4.74 Å². The van der Waals surface area contributed by atoms with E-state index in [9.17, 15) is 0 Å². The van der Waals surface area contributed by atoms with Crippen LogP contribution in [0.15, 0.2) is 48.8 Å². The fraction of sp³-hybridized carbons (Fsp3) is 0.435. The lowest BCUT2D eigenvalue weighted by Crippen LogP contribution is -2.43. The Morgan fingerprint density at radius 3 is 2.78 bits per heavy atom. The molecule has 4 nitrogen and oxygen atoms in total. The quantitative estimate of drug-likeness (QED) is 0.668. The third-order valence-electron chi connectivity index (χ3n) is 6.15. The molecular formula is C23H27N3O. The van der Waals surface area contributed by atoms with E-state index in [0.717, 1.165) is 48.1 Å².